The zero-order valence-corrected chi connectivity index (χ0v) is 6.95. The quantitative estimate of drug-likeness (QED) is 0.769. The van der Waals surface area contributed by atoms with Crippen molar-refractivity contribution in [1.82, 2.24) is 9.97 Å². The van der Waals surface area contributed by atoms with Gasteiger partial charge in [0.1, 0.15) is 5.15 Å². The number of carboxylic acid groups (broad SMARTS) is 1. The van der Waals surface area contributed by atoms with Crippen molar-refractivity contribution in [1.29, 1.82) is 0 Å². The van der Waals surface area contributed by atoms with Crippen molar-refractivity contribution in [3.8, 4) is 0 Å². The van der Waals surface area contributed by atoms with Crippen LogP contribution in [-0.2, 0) is 11.2 Å². The van der Waals surface area contributed by atoms with Crippen LogP contribution >= 0.6 is 11.6 Å². The maximum absolute atomic E-state index is 10.2. The van der Waals surface area contributed by atoms with Gasteiger partial charge in [-0.2, -0.15) is 0 Å². The summed E-state index contributed by atoms with van der Waals surface area (Å²) >= 11 is 5.48. The second-order valence-corrected chi connectivity index (χ2v) is 2.61. The SMILES string of the molecule is O=C(O)CCc1cnc(Cl)cn1. The Bertz CT molecular complexity index is 273. The van der Waals surface area contributed by atoms with Gasteiger partial charge in [-0.25, -0.2) is 4.98 Å². The molecule has 0 amide bonds. The maximum atomic E-state index is 10.2. The lowest BCUT2D eigenvalue weighted by Crippen LogP contribution is -1.99. The lowest BCUT2D eigenvalue weighted by molar-refractivity contribution is -0.136. The standard InChI is InChI=1S/C7H7ClN2O2/c8-6-4-9-5(3-10-6)1-2-7(11)12/h3-4H,1-2H2,(H,11,12). The van der Waals surface area contributed by atoms with E-state index in [1.165, 1.54) is 12.4 Å². The van der Waals surface area contributed by atoms with Gasteiger partial charge in [-0.05, 0) is 0 Å². The van der Waals surface area contributed by atoms with Crippen molar-refractivity contribution < 1.29 is 9.90 Å². The number of aromatic nitrogens is 2. The summed E-state index contributed by atoms with van der Waals surface area (Å²) in [6.07, 6.45) is 3.33. The van der Waals surface area contributed by atoms with Crippen molar-refractivity contribution in [2.45, 2.75) is 12.8 Å². The van der Waals surface area contributed by atoms with E-state index in [-0.39, 0.29) is 6.42 Å². The monoisotopic (exact) mass is 186 g/mol. The van der Waals surface area contributed by atoms with Crippen LogP contribution in [0.1, 0.15) is 12.1 Å². The Kier molecular flexibility index (Phi) is 2.99. The Hall–Kier alpha value is -1.16. The topological polar surface area (TPSA) is 63.1 Å². The average Bonchev–Trinajstić information content (AvgIpc) is 2.03. The number of halogens is 1. The molecule has 1 heterocycles. The molecule has 0 saturated carbocycles. The molecule has 0 unspecified atom stereocenters. The molecular weight excluding hydrogens is 180 g/mol. The molecule has 0 saturated heterocycles. The zero-order chi connectivity index (χ0) is 8.97. The molecule has 1 aromatic heterocycles. The highest BCUT2D eigenvalue weighted by Crippen LogP contribution is 2.02. The largest absolute Gasteiger partial charge is 0.481 e. The van der Waals surface area contributed by atoms with Gasteiger partial charge in [0.15, 0.2) is 0 Å². The Balaban J connectivity index is 2.53. The molecule has 0 aliphatic carbocycles. The fourth-order valence-corrected chi connectivity index (χ4v) is 0.801. The minimum Gasteiger partial charge on any atom is -0.481 e. The van der Waals surface area contributed by atoms with Crippen molar-refractivity contribution in [3.63, 3.8) is 0 Å². The molecule has 0 aromatic carbocycles. The van der Waals surface area contributed by atoms with Crippen molar-refractivity contribution in [2.24, 2.45) is 0 Å². The maximum Gasteiger partial charge on any atom is 0.303 e. The summed E-state index contributed by atoms with van der Waals surface area (Å²) in [7, 11) is 0. The number of aliphatic carboxylic acids is 1. The molecule has 1 N–H and O–H groups in total. The lowest BCUT2D eigenvalue weighted by atomic mass is 10.2. The van der Waals surface area contributed by atoms with Crippen LogP contribution < -0.4 is 0 Å². The summed E-state index contributed by atoms with van der Waals surface area (Å²) in [6, 6.07) is 0. The van der Waals surface area contributed by atoms with E-state index < -0.39 is 5.97 Å². The minimum absolute atomic E-state index is 0.0658. The van der Waals surface area contributed by atoms with Crippen LogP contribution in [0.2, 0.25) is 5.15 Å². The van der Waals surface area contributed by atoms with E-state index in [1.807, 2.05) is 0 Å². The summed E-state index contributed by atoms with van der Waals surface area (Å²) in [6.45, 7) is 0. The molecule has 5 heteroatoms. The lowest BCUT2D eigenvalue weighted by Gasteiger charge is -1.95. The van der Waals surface area contributed by atoms with Gasteiger partial charge in [-0.3, -0.25) is 9.78 Å². The van der Waals surface area contributed by atoms with Gasteiger partial charge in [-0.15, -0.1) is 0 Å². The van der Waals surface area contributed by atoms with Crippen LogP contribution in [0, 0.1) is 0 Å². The summed E-state index contributed by atoms with van der Waals surface area (Å²) < 4.78 is 0. The van der Waals surface area contributed by atoms with E-state index in [0.29, 0.717) is 17.3 Å². The third-order valence-electron chi connectivity index (χ3n) is 1.27. The van der Waals surface area contributed by atoms with Crippen molar-refractivity contribution in [3.05, 3.63) is 23.2 Å². The molecular formula is C7H7ClN2O2. The Morgan fingerprint density at radius 3 is 2.75 bits per heavy atom. The Labute approximate surface area is 74.2 Å². The predicted octanol–water partition coefficient (Wildman–Crippen LogP) is 1.15. The third-order valence-corrected chi connectivity index (χ3v) is 1.46. The summed E-state index contributed by atoms with van der Waals surface area (Å²) in [5.74, 6) is -0.841. The second kappa shape index (κ2) is 4.01. The molecule has 0 fully saturated rings. The molecule has 4 nitrogen and oxygen atoms in total. The zero-order valence-electron chi connectivity index (χ0n) is 6.20. The first kappa shape index (κ1) is 8.93. The van der Waals surface area contributed by atoms with Crippen LogP contribution in [-0.4, -0.2) is 21.0 Å². The van der Waals surface area contributed by atoms with Crippen molar-refractivity contribution in [2.75, 3.05) is 0 Å². The second-order valence-electron chi connectivity index (χ2n) is 2.22. The van der Waals surface area contributed by atoms with Gasteiger partial charge >= 0.3 is 5.97 Å². The number of hydrogen-bond donors (Lipinski definition) is 1. The average molecular weight is 187 g/mol. The number of aryl methyl sites for hydroxylation is 1. The third kappa shape index (κ3) is 2.84. The van der Waals surface area contributed by atoms with Gasteiger partial charge in [0, 0.05) is 6.42 Å². The highest BCUT2D eigenvalue weighted by atomic mass is 35.5. The van der Waals surface area contributed by atoms with E-state index in [0.717, 1.165) is 0 Å². The van der Waals surface area contributed by atoms with Crippen LogP contribution in [0.4, 0.5) is 0 Å². The summed E-state index contributed by atoms with van der Waals surface area (Å²) in [4.78, 5) is 17.8. The fourth-order valence-electron chi connectivity index (χ4n) is 0.703. The first-order chi connectivity index (χ1) is 5.68. The van der Waals surface area contributed by atoms with Crippen LogP contribution in [0.25, 0.3) is 0 Å². The number of hydrogen-bond acceptors (Lipinski definition) is 3. The molecule has 1 aromatic rings. The van der Waals surface area contributed by atoms with Gasteiger partial charge in [0.25, 0.3) is 0 Å². The number of rotatable bonds is 3. The summed E-state index contributed by atoms with van der Waals surface area (Å²) in [5.41, 5.74) is 0.641. The van der Waals surface area contributed by atoms with Gasteiger partial charge in [0.2, 0.25) is 0 Å². The predicted molar refractivity (Wildman–Crippen MR) is 43.0 cm³/mol. The van der Waals surface area contributed by atoms with Crippen molar-refractivity contribution >= 4 is 17.6 Å². The number of carboxylic acids is 1. The number of carbonyl (C=O) groups is 1. The molecule has 64 valence electrons. The van der Waals surface area contributed by atoms with E-state index >= 15 is 0 Å². The van der Waals surface area contributed by atoms with E-state index in [1.54, 1.807) is 0 Å². The molecule has 0 aliphatic rings. The molecule has 12 heavy (non-hydrogen) atoms. The van der Waals surface area contributed by atoms with E-state index in [9.17, 15) is 4.79 Å². The van der Waals surface area contributed by atoms with Gasteiger partial charge < -0.3 is 5.11 Å². The smallest absolute Gasteiger partial charge is 0.303 e. The first-order valence-electron chi connectivity index (χ1n) is 3.36. The van der Waals surface area contributed by atoms with Crippen LogP contribution in [0.15, 0.2) is 12.4 Å². The number of nitrogens with zero attached hydrogens (tertiary/aromatic N) is 2. The van der Waals surface area contributed by atoms with Crippen LogP contribution in [0.5, 0.6) is 0 Å². The Morgan fingerprint density at radius 2 is 2.25 bits per heavy atom. The normalized spacial score (nSPS) is 9.75. The molecule has 0 spiro atoms. The molecule has 0 radical (unpaired) electrons. The minimum atomic E-state index is -0.841. The highest BCUT2D eigenvalue weighted by Gasteiger charge is 2.00. The van der Waals surface area contributed by atoms with Gasteiger partial charge in [0.05, 0.1) is 24.5 Å². The molecule has 0 atom stereocenters. The van der Waals surface area contributed by atoms with E-state index in [2.05, 4.69) is 9.97 Å². The molecule has 1 rings (SSSR count). The van der Waals surface area contributed by atoms with E-state index in [4.69, 9.17) is 16.7 Å². The van der Waals surface area contributed by atoms with Crippen LogP contribution in [0.3, 0.4) is 0 Å². The fraction of sp³-hybridized carbons (Fsp3) is 0.286. The molecule has 0 bridgehead atoms. The molecule has 0 aliphatic heterocycles. The first-order valence-corrected chi connectivity index (χ1v) is 3.74. The van der Waals surface area contributed by atoms with Gasteiger partial charge in [-0.1, -0.05) is 11.6 Å². The Morgan fingerprint density at radius 1 is 1.50 bits per heavy atom. The summed E-state index contributed by atoms with van der Waals surface area (Å²) in [5, 5.41) is 8.67. The highest BCUT2D eigenvalue weighted by molar-refractivity contribution is 6.29.